The lowest BCUT2D eigenvalue weighted by Gasteiger charge is -2.23. The number of methoxy groups -OCH3 is 2. The molecule has 0 atom stereocenters. The van der Waals surface area contributed by atoms with Crippen molar-refractivity contribution >= 4 is 5.91 Å². The van der Waals surface area contributed by atoms with E-state index in [0.29, 0.717) is 36.9 Å². The Labute approximate surface area is 153 Å². The van der Waals surface area contributed by atoms with Gasteiger partial charge in [0.1, 0.15) is 5.82 Å². The summed E-state index contributed by atoms with van der Waals surface area (Å²) in [4.78, 5) is 14.7. The Morgan fingerprint density at radius 3 is 2.31 bits per heavy atom. The van der Waals surface area contributed by atoms with Crippen LogP contribution < -0.4 is 9.47 Å². The minimum atomic E-state index is -0.258. The fourth-order valence-corrected chi connectivity index (χ4v) is 3.02. The molecule has 1 aliphatic rings. The molecule has 0 aliphatic heterocycles. The summed E-state index contributed by atoms with van der Waals surface area (Å²) in [6, 6.07) is 12.4. The van der Waals surface area contributed by atoms with Crippen LogP contribution in [0.1, 0.15) is 30.4 Å². The van der Waals surface area contributed by atoms with E-state index in [-0.39, 0.29) is 11.7 Å². The molecular weight excluding hydrogens is 333 g/mol. The Hall–Kier alpha value is -2.56. The highest BCUT2D eigenvalue weighted by Crippen LogP contribution is 2.30. The van der Waals surface area contributed by atoms with Crippen LogP contribution in [-0.4, -0.2) is 31.1 Å². The van der Waals surface area contributed by atoms with Gasteiger partial charge in [-0.3, -0.25) is 4.79 Å². The number of carbonyl (C=O) groups excluding carboxylic acids is 1. The van der Waals surface area contributed by atoms with Crippen molar-refractivity contribution in [3.8, 4) is 11.5 Å². The first-order chi connectivity index (χ1) is 12.6. The first-order valence-corrected chi connectivity index (χ1v) is 8.85. The lowest BCUT2D eigenvalue weighted by molar-refractivity contribution is -0.132. The van der Waals surface area contributed by atoms with Crippen LogP contribution in [0.4, 0.5) is 4.39 Å². The normalized spacial score (nSPS) is 13.3. The van der Waals surface area contributed by atoms with Gasteiger partial charge in [0, 0.05) is 19.0 Å². The molecule has 5 heteroatoms. The third-order valence-corrected chi connectivity index (χ3v) is 4.65. The van der Waals surface area contributed by atoms with E-state index in [9.17, 15) is 9.18 Å². The molecule has 3 rings (SSSR count). The lowest BCUT2D eigenvalue weighted by Crippen LogP contribution is -2.32. The number of halogens is 1. The molecule has 1 amide bonds. The summed E-state index contributed by atoms with van der Waals surface area (Å²) in [5.41, 5.74) is 1.99. The predicted molar refractivity (Wildman–Crippen MR) is 97.8 cm³/mol. The SMILES string of the molecule is COc1ccc(CCC(=O)N(Cc2ccc(F)cc2)C2CC2)cc1OC. The van der Waals surface area contributed by atoms with Gasteiger partial charge < -0.3 is 14.4 Å². The Kier molecular flexibility index (Phi) is 5.76. The number of hydrogen-bond acceptors (Lipinski definition) is 3. The molecule has 0 N–H and O–H groups in total. The molecule has 0 bridgehead atoms. The first kappa shape index (κ1) is 18.2. The second-order valence-corrected chi connectivity index (χ2v) is 6.57. The highest BCUT2D eigenvalue weighted by atomic mass is 19.1. The average Bonchev–Trinajstić information content (AvgIpc) is 3.50. The standard InChI is InChI=1S/C21H24FNO3/c1-25-19-11-5-15(13-20(19)26-2)6-12-21(24)23(18-9-10-18)14-16-3-7-17(22)8-4-16/h3-5,7-8,11,13,18H,6,9-10,12,14H2,1-2H3. The van der Waals surface area contributed by atoms with Gasteiger partial charge in [-0.25, -0.2) is 4.39 Å². The number of ether oxygens (including phenoxy) is 2. The number of amides is 1. The summed E-state index contributed by atoms with van der Waals surface area (Å²) in [7, 11) is 3.20. The van der Waals surface area contributed by atoms with Crippen molar-refractivity contribution in [1.29, 1.82) is 0 Å². The molecule has 0 unspecified atom stereocenters. The maximum atomic E-state index is 13.1. The van der Waals surface area contributed by atoms with E-state index in [2.05, 4.69) is 0 Å². The molecule has 0 radical (unpaired) electrons. The van der Waals surface area contributed by atoms with Crippen molar-refractivity contribution in [2.45, 2.75) is 38.3 Å². The maximum Gasteiger partial charge on any atom is 0.223 e. The molecule has 26 heavy (non-hydrogen) atoms. The van der Waals surface area contributed by atoms with Gasteiger partial charge in [0.05, 0.1) is 14.2 Å². The minimum absolute atomic E-state index is 0.131. The predicted octanol–water partition coefficient (Wildman–Crippen LogP) is 3.97. The van der Waals surface area contributed by atoms with Crippen molar-refractivity contribution in [3.63, 3.8) is 0 Å². The minimum Gasteiger partial charge on any atom is -0.493 e. The van der Waals surface area contributed by atoms with Crippen molar-refractivity contribution in [2.24, 2.45) is 0 Å². The Bertz CT molecular complexity index is 756. The van der Waals surface area contributed by atoms with Crippen LogP contribution in [0.25, 0.3) is 0 Å². The summed E-state index contributed by atoms with van der Waals surface area (Å²) >= 11 is 0. The number of hydrogen-bond donors (Lipinski definition) is 0. The van der Waals surface area contributed by atoms with Gasteiger partial charge in [-0.2, -0.15) is 0 Å². The lowest BCUT2D eigenvalue weighted by atomic mass is 10.1. The largest absolute Gasteiger partial charge is 0.493 e. The number of rotatable bonds is 8. The first-order valence-electron chi connectivity index (χ1n) is 8.85. The number of nitrogens with zero attached hydrogens (tertiary/aromatic N) is 1. The highest BCUT2D eigenvalue weighted by Gasteiger charge is 2.32. The van der Waals surface area contributed by atoms with E-state index in [1.165, 1.54) is 12.1 Å². The van der Waals surface area contributed by atoms with Crippen molar-refractivity contribution in [3.05, 3.63) is 59.4 Å². The molecule has 1 fully saturated rings. The maximum absolute atomic E-state index is 13.1. The van der Waals surface area contributed by atoms with Gasteiger partial charge in [-0.1, -0.05) is 18.2 Å². The summed E-state index contributed by atoms with van der Waals surface area (Å²) in [6.07, 6.45) is 3.17. The average molecular weight is 357 g/mol. The molecule has 2 aromatic carbocycles. The van der Waals surface area contributed by atoms with Crippen LogP contribution in [0.2, 0.25) is 0 Å². The monoisotopic (exact) mass is 357 g/mol. The van der Waals surface area contributed by atoms with E-state index in [1.807, 2.05) is 23.1 Å². The highest BCUT2D eigenvalue weighted by molar-refractivity contribution is 5.77. The Morgan fingerprint density at radius 1 is 1.04 bits per heavy atom. The molecule has 0 heterocycles. The van der Waals surface area contributed by atoms with E-state index < -0.39 is 0 Å². The summed E-state index contributed by atoms with van der Waals surface area (Å²) in [5.74, 6) is 1.22. The quantitative estimate of drug-likeness (QED) is 0.718. The smallest absolute Gasteiger partial charge is 0.223 e. The molecular formula is C21H24FNO3. The fourth-order valence-electron chi connectivity index (χ4n) is 3.02. The fraction of sp³-hybridized carbons (Fsp3) is 0.381. The van der Waals surface area contributed by atoms with Crippen LogP contribution in [-0.2, 0) is 17.8 Å². The third-order valence-electron chi connectivity index (χ3n) is 4.65. The molecule has 4 nitrogen and oxygen atoms in total. The van der Waals surface area contributed by atoms with Gasteiger partial charge in [-0.05, 0) is 54.7 Å². The molecule has 0 aromatic heterocycles. The second kappa shape index (κ2) is 8.21. The molecule has 0 spiro atoms. The van der Waals surface area contributed by atoms with Gasteiger partial charge in [-0.15, -0.1) is 0 Å². The summed E-state index contributed by atoms with van der Waals surface area (Å²) in [5, 5.41) is 0. The summed E-state index contributed by atoms with van der Waals surface area (Å²) < 4.78 is 23.6. The van der Waals surface area contributed by atoms with Crippen LogP contribution >= 0.6 is 0 Å². The van der Waals surface area contributed by atoms with Crippen molar-refractivity contribution in [1.82, 2.24) is 4.90 Å². The zero-order chi connectivity index (χ0) is 18.5. The van der Waals surface area contributed by atoms with E-state index in [1.54, 1.807) is 26.4 Å². The van der Waals surface area contributed by atoms with E-state index in [0.717, 1.165) is 24.0 Å². The number of carbonyl (C=O) groups is 1. The van der Waals surface area contributed by atoms with Gasteiger partial charge >= 0.3 is 0 Å². The molecule has 1 saturated carbocycles. The number of aryl methyl sites for hydroxylation is 1. The third kappa shape index (κ3) is 4.54. The molecule has 1 aliphatic carbocycles. The van der Waals surface area contributed by atoms with Gasteiger partial charge in [0.25, 0.3) is 0 Å². The summed E-state index contributed by atoms with van der Waals surface area (Å²) in [6.45, 7) is 0.537. The number of benzene rings is 2. The van der Waals surface area contributed by atoms with Crippen LogP contribution in [0.15, 0.2) is 42.5 Å². The Morgan fingerprint density at radius 2 is 1.69 bits per heavy atom. The van der Waals surface area contributed by atoms with Crippen LogP contribution in [0, 0.1) is 5.82 Å². The van der Waals surface area contributed by atoms with Gasteiger partial charge in [0.2, 0.25) is 5.91 Å². The molecule has 0 saturated heterocycles. The van der Waals surface area contributed by atoms with Crippen LogP contribution in [0.3, 0.4) is 0 Å². The van der Waals surface area contributed by atoms with Gasteiger partial charge in [0.15, 0.2) is 11.5 Å². The Balaban J connectivity index is 1.62. The van der Waals surface area contributed by atoms with E-state index >= 15 is 0 Å². The second-order valence-electron chi connectivity index (χ2n) is 6.57. The topological polar surface area (TPSA) is 38.8 Å². The van der Waals surface area contributed by atoms with Crippen molar-refractivity contribution < 1.29 is 18.7 Å². The van der Waals surface area contributed by atoms with Crippen LogP contribution in [0.5, 0.6) is 11.5 Å². The van der Waals surface area contributed by atoms with Crippen molar-refractivity contribution in [2.75, 3.05) is 14.2 Å². The zero-order valence-electron chi connectivity index (χ0n) is 15.2. The van der Waals surface area contributed by atoms with E-state index in [4.69, 9.17) is 9.47 Å². The molecule has 2 aromatic rings. The molecule has 138 valence electrons. The zero-order valence-corrected chi connectivity index (χ0v) is 15.2.